The van der Waals surface area contributed by atoms with Crippen LogP contribution in [0.5, 0.6) is 0 Å². The van der Waals surface area contributed by atoms with Gasteiger partial charge in [0.15, 0.2) is 0 Å². The monoisotopic (exact) mass is 382 g/mol. The first-order chi connectivity index (χ1) is 12.9. The summed E-state index contributed by atoms with van der Waals surface area (Å²) in [6.45, 7) is 4.08. The Morgan fingerprint density at radius 3 is 2.85 bits per heavy atom. The molecule has 4 aromatic rings. The molecular weight excluding hydrogens is 368 g/mol. The summed E-state index contributed by atoms with van der Waals surface area (Å²) in [6.07, 6.45) is 1.14. The Labute approximate surface area is 156 Å². The molecule has 0 aliphatic carbocycles. The van der Waals surface area contributed by atoms with E-state index in [0.717, 1.165) is 23.1 Å². The van der Waals surface area contributed by atoms with E-state index in [1.165, 1.54) is 16.9 Å². The molecule has 0 radical (unpaired) electrons. The second kappa shape index (κ2) is 6.29. The molecule has 3 N–H and O–H groups in total. The van der Waals surface area contributed by atoms with Crippen LogP contribution >= 0.6 is 11.3 Å². The fraction of sp³-hybridized carbons (Fsp3) is 0.125. The molecule has 0 amide bonds. The van der Waals surface area contributed by atoms with Crippen LogP contribution in [0.15, 0.2) is 29.9 Å². The summed E-state index contributed by atoms with van der Waals surface area (Å²) in [5.74, 6) is -0.0950. The zero-order chi connectivity index (χ0) is 19.1. The second-order valence-corrected chi connectivity index (χ2v) is 6.74. The number of nitro groups is 1. The average molecular weight is 382 g/mol. The van der Waals surface area contributed by atoms with Gasteiger partial charge in [-0.25, -0.2) is 14.5 Å². The minimum Gasteiger partial charge on any atom is -0.378 e. The highest BCUT2D eigenvalue weighted by Gasteiger charge is 2.22. The molecule has 3 aromatic heterocycles. The van der Waals surface area contributed by atoms with Gasteiger partial charge in [0, 0.05) is 10.9 Å². The van der Waals surface area contributed by atoms with E-state index in [1.807, 2.05) is 31.4 Å². The zero-order valence-corrected chi connectivity index (χ0v) is 15.2. The number of nitrogens with zero attached hydrogens (tertiary/aromatic N) is 6. The van der Waals surface area contributed by atoms with Crippen LogP contribution in [0.25, 0.3) is 16.2 Å². The first-order valence-corrected chi connectivity index (χ1v) is 8.76. The van der Waals surface area contributed by atoms with Gasteiger partial charge in [-0.05, 0) is 19.4 Å². The van der Waals surface area contributed by atoms with Crippen LogP contribution in [-0.2, 0) is 0 Å². The summed E-state index contributed by atoms with van der Waals surface area (Å²) in [4.78, 5) is 23.1. The van der Waals surface area contributed by atoms with E-state index in [2.05, 4.69) is 31.4 Å². The maximum atomic E-state index is 11.2. The van der Waals surface area contributed by atoms with Gasteiger partial charge in [0.2, 0.25) is 22.5 Å². The van der Waals surface area contributed by atoms with Gasteiger partial charge in [-0.2, -0.15) is 4.98 Å². The van der Waals surface area contributed by atoms with Crippen molar-refractivity contribution in [1.29, 1.82) is 0 Å². The number of aromatic nitrogens is 5. The molecule has 0 unspecified atom stereocenters. The number of aryl methyl sites for hydroxylation is 2. The number of fused-ring (bicyclic) bond motifs is 1. The molecule has 10 nitrogen and oxygen atoms in total. The molecular formula is C16H14N8O2S. The van der Waals surface area contributed by atoms with E-state index in [-0.39, 0.29) is 17.6 Å². The standard InChI is InChI=1S/C16H14N8O2S/c1-8-3-4-10(9(2)5-8)11-6-27-16-21-15(22-23(11)16)20-14-12(24(25)26)13(17)18-7-19-14/h3-7H,1-2H3,(H3,17,18,19,20,22). The topological polar surface area (TPSA) is 137 Å². The van der Waals surface area contributed by atoms with E-state index in [1.54, 1.807) is 4.52 Å². The van der Waals surface area contributed by atoms with E-state index >= 15 is 0 Å². The fourth-order valence-electron chi connectivity index (χ4n) is 2.79. The second-order valence-electron chi connectivity index (χ2n) is 5.91. The van der Waals surface area contributed by atoms with Gasteiger partial charge >= 0.3 is 5.69 Å². The third-order valence-corrected chi connectivity index (χ3v) is 4.82. The molecule has 0 aliphatic rings. The van der Waals surface area contributed by atoms with E-state index < -0.39 is 10.6 Å². The first-order valence-electron chi connectivity index (χ1n) is 7.88. The van der Waals surface area contributed by atoms with Crippen LogP contribution in [0.3, 0.4) is 0 Å². The first kappa shape index (κ1) is 16.8. The number of hydrogen-bond acceptors (Lipinski definition) is 9. The molecule has 0 aliphatic heterocycles. The molecule has 0 fully saturated rings. The lowest BCUT2D eigenvalue weighted by atomic mass is 10.0. The van der Waals surface area contributed by atoms with Crippen LogP contribution in [0, 0.1) is 24.0 Å². The summed E-state index contributed by atoms with van der Waals surface area (Å²) < 4.78 is 1.70. The fourth-order valence-corrected chi connectivity index (χ4v) is 3.61. The van der Waals surface area contributed by atoms with Crippen LogP contribution < -0.4 is 11.1 Å². The molecule has 11 heteroatoms. The van der Waals surface area contributed by atoms with Gasteiger partial charge < -0.3 is 11.1 Å². The molecule has 136 valence electrons. The van der Waals surface area contributed by atoms with Crippen molar-refractivity contribution in [2.24, 2.45) is 0 Å². The van der Waals surface area contributed by atoms with Crippen molar-refractivity contribution in [1.82, 2.24) is 24.6 Å². The number of nitrogens with two attached hydrogens (primary N) is 1. The highest BCUT2D eigenvalue weighted by atomic mass is 32.1. The molecule has 0 spiro atoms. The summed E-state index contributed by atoms with van der Waals surface area (Å²) in [5.41, 5.74) is 9.41. The summed E-state index contributed by atoms with van der Waals surface area (Å²) >= 11 is 1.42. The number of nitrogens with one attached hydrogen (secondary N) is 1. The average Bonchev–Trinajstić information content (AvgIpc) is 3.15. The highest BCUT2D eigenvalue weighted by molar-refractivity contribution is 7.15. The lowest BCUT2D eigenvalue weighted by molar-refractivity contribution is -0.383. The predicted octanol–water partition coefficient (Wildman–Crippen LogP) is 3.10. The van der Waals surface area contributed by atoms with Crippen molar-refractivity contribution in [3.05, 3.63) is 51.1 Å². The SMILES string of the molecule is Cc1ccc(-c2csc3nc(Nc4ncnc(N)c4[N+](=O)[O-])nn23)c(C)c1. The molecule has 1 aromatic carbocycles. The highest BCUT2D eigenvalue weighted by Crippen LogP contribution is 2.31. The number of benzene rings is 1. The van der Waals surface area contributed by atoms with Crippen molar-refractivity contribution in [2.75, 3.05) is 11.1 Å². The molecule has 3 heterocycles. The summed E-state index contributed by atoms with van der Waals surface area (Å²) in [7, 11) is 0. The largest absolute Gasteiger partial charge is 0.378 e. The number of nitrogen functional groups attached to an aromatic ring is 1. The maximum absolute atomic E-state index is 11.2. The Kier molecular flexibility index (Phi) is 3.92. The Balaban J connectivity index is 1.75. The minimum absolute atomic E-state index is 0.0566. The molecule has 0 bridgehead atoms. The van der Waals surface area contributed by atoms with Crippen molar-refractivity contribution >= 4 is 39.6 Å². The van der Waals surface area contributed by atoms with Crippen LogP contribution in [0.1, 0.15) is 11.1 Å². The molecule has 4 rings (SSSR count). The van der Waals surface area contributed by atoms with Gasteiger partial charge in [0.25, 0.3) is 0 Å². The van der Waals surface area contributed by atoms with Gasteiger partial charge in [-0.1, -0.05) is 23.8 Å². The smallest absolute Gasteiger partial charge is 0.353 e. The Bertz CT molecular complexity index is 1180. The molecule has 0 saturated heterocycles. The van der Waals surface area contributed by atoms with Gasteiger partial charge in [0.1, 0.15) is 6.33 Å². The van der Waals surface area contributed by atoms with E-state index in [4.69, 9.17) is 5.73 Å². The Morgan fingerprint density at radius 1 is 1.30 bits per heavy atom. The van der Waals surface area contributed by atoms with Crippen molar-refractivity contribution in [3.63, 3.8) is 0 Å². The van der Waals surface area contributed by atoms with E-state index in [9.17, 15) is 10.1 Å². The van der Waals surface area contributed by atoms with Crippen molar-refractivity contribution in [2.45, 2.75) is 13.8 Å². The van der Waals surface area contributed by atoms with Gasteiger partial charge in [0.05, 0.1) is 10.6 Å². The number of hydrogen-bond donors (Lipinski definition) is 2. The van der Waals surface area contributed by atoms with Crippen molar-refractivity contribution < 1.29 is 4.92 Å². The molecule has 27 heavy (non-hydrogen) atoms. The zero-order valence-electron chi connectivity index (χ0n) is 14.4. The molecule has 0 atom stereocenters. The van der Waals surface area contributed by atoms with Gasteiger partial charge in [-0.3, -0.25) is 10.1 Å². The predicted molar refractivity (Wildman–Crippen MR) is 102 cm³/mol. The Hall–Kier alpha value is -3.60. The minimum atomic E-state index is -0.642. The maximum Gasteiger partial charge on any atom is 0.353 e. The summed E-state index contributed by atoms with van der Waals surface area (Å²) in [6, 6.07) is 6.17. The number of rotatable bonds is 4. The lowest BCUT2D eigenvalue weighted by Gasteiger charge is -2.05. The molecule has 0 saturated carbocycles. The van der Waals surface area contributed by atoms with Crippen LogP contribution in [0.4, 0.5) is 23.3 Å². The normalized spacial score (nSPS) is 11.0. The summed E-state index contributed by atoms with van der Waals surface area (Å²) in [5, 5.41) is 20.4. The van der Waals surface area contributed by atoms with E-state index in [0.29, 0.717) is 4.96 Å². The van der Waals surface area contributed by atoms with Crippen molar-refractivity contribution in [3.8, 4) is 11.3 Å². The third-order valence-electron chi connectivity index (χ3n) is 4.00. The van der Waals surface area contributed by atoms with Crippen LogP contribution in [0.2, 0.25) is 0 Å². The van der Waals surface area contributed by atoms with Gasteiger partial charge in [-0.15, -0.1) is 16.4 Å². The quantitative estimate of drug-likeness (QED) is 0.406. The number of thiazole rings is 1. The Morgan fingerprint density at radius 2 is 2.11 bits per heavy atom. The lowest BCUT2D eigenvalue weighted by Crippen LogP contribution is -2.05. The number of anilines is 3. The third kappa shape index (κ3) is 2.93. The van der Waals surface area contributed by atoms with Crippen LogP contribution in [-0.4, -0.2) is 29.5 Å².